The zero-order chi connectivity index (χ0) is 13.7. The molecule has 1 fully saturated rings. The van der Waals surface area contributed by atoms with E-state index in [0.29, 0.717) is 0 Å². The molecule has 3 nitrogen and oxygen atoms in total. The van der Waals surface area contributed by atoms with Crippen molar-refractivity contribution in [2.45, 2.75) is 25.2 Å². The molecule has 2 N–H and O–H groups in total. The van der Waals surface area contributed by atoms with Crippen LogP contribution >= 0.6 is 0 Å². The van der Waals surface area contributed by atoms with Gasteiger partial charge in [0.05, 0.1) is 6.61 Å². The van der Waals surface area contributed by atoms with E-state index < -0.39 is 0 Å². The van der Waals surface area contributed by atoms with Crippen LogP contribution < -0.4 is 5.73 Å². The minimum Gasteiger partial charge on any atom is -0.383 e. The summed E-state index contributed by atoms with van der Waals surface area (Å²) in [5.41, 5.74) is 9.14. The first-order valence-corrected chi connectivity index (χ1v) is 7.19. The van der Waals surface area contributed by atoms with E-state index >= 15 is 0 Å². The first-order chi connectivity index (χ1) is 9.22. The SMILES string of the molecule is COCCN1CCC(CN)(c2ccccc2C)CC1. The molecule has 1 aromatic rings. The number of benzene rings is 1. The molecule has 0 atom stereocenters. The third-order valence-corrected chi connectivity index (χ3v) is 4.53. The van der Waals surface area contributed by atoms with Crippen LogP contribution in [-0.4, -0.2) is 44.8 Å². The summed E-state index contributed by atoms with van der Waals surface area (Å²) in [6, 6.07) is 8.70. The predicted molar refractivity (Wildman–Crippen MR) is 79.5 cm³/mol. The molecule has 1 heterocycles. The van der Waals surface area contributed by atoms with E-state index in [2.05, 4.69) is 36.1 Å². The smallest absolute Gasteiger partial charge is 0.0589 e. The number of likely N-dealkylation sites (tertiary alicyclic amines) is 1. The summed E-state index contributed by atoms with van der Waals surface area (Å²) in [6.45, 7) is 7.04. The fourth-order valence-electron chi connectivity index (χ4n) is 3.18. The van der Waals surface area contributed by atoms with Gasteiger partial charge in [0.25, 0.3) is 0 Å². The van der Waals surface area contributed by atoms with Crippen LogP contribution in [0.1, 0.15) is 24.0 Å². The van der Waals surface area contributed by atoms with Gasteiger partial charge in [0, 0.05) is 25.6 Å². The molecule has 3 heteroatoms. The van der Waals surface area contributed by atoms with Gasteiger partial charge < -0.3 is 15.4 Å². The minimum atomic E-state index is 0.176. The van der Waals surface area contributed by atoms with Gasteiger partial charge in [0.1, 0.15) is 0 Å². The zero-order valence-electron chi connectivity index (χ0n) is 12.2. The Morgan fingerprint density at radius 3 is 2.53 bits per heavy atom. The van der Waals surface area contributed by atoms with Crippen molar-refractivity contribution in [3.05, 3.63) is 35.4 Å². The van der Waals surface area contributed by atoms with Crippen LogP contribution in [0.25, 0.3) is 0 Å². The molecule has 19 heavy (non-hydrogen) atoms. The molecule has 0 amide bonds. The zero-order valence-corrected chi connectivity index (χ0v) is 12.2. The Labute approximate surface area is 116 Å². The second-order valence-corrected chi connectivity index (χ2v) is 5.63. The second kappa shape index (κ2) is 6.51. The molecule has 0 spiro atoms. The lowest BCUT2D eigenvalue weighted by atomic mass is 9.71. The topological polar surface area (TPSA) is 38.5 Å². The molecule has 0 aromatic heterocycles. The molecule has 1 aromatic carbocycles. The average Bonchev–Trinajstić information content (AvgIpc) is 2.46. The molecule has 2 rings (SSSR count). The monoisotopic (exact) mass is 262 g/mol. The highest BCUT2D eigenvalue weighted by atomic mass is 16.5. The van der Waals surface area contributed by atoms with Crippen molar-refractivity contribution in [1.82, 2.24) is 4.90 Å². The number of ether oxygens (including phenoxy) is 1. The van der Waals surface area contributed by atoms with Crippen LogP contribution in [0.15, 0.2) is 24.3 Å². The second-order valence-electron chi connectivity index (χ2n) is 5.63. The van der Waals surface area contributed by atoms with Gasteiger partial charge in [-0.2, -0.15) is 0 Å². The summed E-state index contributed by atoms with van der Waals surface area (Å²) in [5, 5.41) is 0. The maximum Gasteiger partial charge on any atom is 0.0589 e. The Morgan fingerprint density at radius 1 is 1.26 bits per heavy atom. The fourth-order valence-corrected chi connectivity index (χ4v) is 3.18. The molecule has 0 unspecified atom stereocenters. The van der Waals surface area contributed by atoms with Crippen molar-refractivity contribution < 1.29 is 4.74 Å². The summed E-state index contributed by atoms with van der Waals surface area (Å²) in [5.74, 6) is 0. The molecule has 106 valence electrons. The number of rotatable bonds is 5. The first-order valence-electron chi connectivity index (χ1n) is 7.19. The largest absolute Gasteiger partial charge is 0.383 e. The molecular weight excluding hydrogens is 236 g/mol. The third-order valence-electron chi connectivity index (χ3n) is 4.53. The maximum absolute atomic E-state index is 6.14. The van der Waals surface area contributed by atoms with Gasteiger partial charge in [-0.3, -0.25) is 0 Å². The molecule has 0 aliphatic carbocycles. The van der Waals surface area contributed by atoms with Crippen molar-refractivity contribution in [2.24, 2.45) is 5.73 Å². The van der Waals surface area contributed by atoms with Crippen molar-refractivity contribution in [2.75, 3.05) is 39.9 Å². The molecular formula is C16H26N2O. The lowest BCUT2D eigenvalue weighted by Crippen LogP contribution is -2.47. The molecule has 1 aliphatic heterocycles. The van der Waals surface area contributed by atoms with Gasteiger partial charge >= 0.3 is 0 Å². The Balaban J connectivity index is 2.08. The van der Waals surface area contributed by atoms with E-state index in [4.69, 9.17) is 10.5 Å². The number of methoxy groups -OCH3 is 1. The molecule has 1 saturated heterocycles. The van der Waals surface area contributed by atoms with E-state index in [1.165, 1.54) is 11.1 Å². The molecule has 0 bridgehead atoms. The number of hydrogen-bond donors (Lipinski definition) is 1. The number of hydrogen-bond acceptors (Lipinski definition) is 3. The Kier molecular flexibility index (Phi) is 4.97. The normalized spacial score (nSPS) is 19.5. The van der Waals surface area contributed by atoms with Gasteiger partial charge in [-0.25, -0.2) is 0 Å². The lowest BCUT2D eigenvalue weighted by Gasteiger charge is -2.42. The highest BCUT2D eigenvalue weighted by Gasteiger charge is 2.35. The van der Waals surface area contributed by atoms with Crippen molar-refractivity contribution in [1.29, 1.82) is 0 Å². The Morgan fingerprint density at radius 2 is 1.95 bits per heavy atom. The van der Waals surface area contributed by atoms with Crippen molar-refractivity contribution >= 4 is 0 Å². The van der Waals surface area contributed by atoms with Crippen LogP contribution in [-0.2, 0) is 10.2 Å². The van der Waals surface area contributed by atoms with Gasteiger partial charge in [-0.05, 0) is 44.0 Å². The van der Waals surface area contributed by atoms with E-state index in [0.717, 1.165) is 45.6 Å². The number of aryl methyl sites for hydroxylation is 1. The minimum absolute atomic E-state index is 0.176. The number of nitrogens with zero attached hydrogens (tertiary/aromatic N) is 1. The highest BCUT2D eigenvalue weighted by molar-refractivity contribution is 5.34. The van der Waals surface area contributed by atoms with Crippen LogP contribution in [0.5, 0.6) is 0 Å². The quantitative estimate of drug-likeness (QED) is 0.881. The van der Waals surface area contributed by atoms with E-state index in [1.54, 1.807) is 7.11 Å². The van der Waals surface area contributed by atoms with Crippen molar-refractivity contribution in [3.8, 4) is 0 Å². The summed E-state index contributed by atoms with van der Waals surface area (Å²) in [7, 11) is 1.77. The number of nitrogens with two attached hydrogens (primary N) is 1. The van der Waals surface area contributed by atoms with E-state index in [-0.39, 0.29) is 5.41 Å². The van der Waals surface area contributed by atoms with Gasteiger partial charge in [0.2, 0.25) is 0 Å². The third kappa shape index (κ3) is 3.16. The first kappa shape index (κ1) is 14.5. The van der Waals surface area contributed by atoms with E-state index in [9.17, 15) is 0 Å². The Bertz CT molecular complexity index is 397. The lowest BCUT2D eigenvalue weighted by molar-refractivity contribution is 0.111. The van der Waals surface area contributed by atoms with Crippen LogP contribution in [0.2, 0.25) is 0 Å². The molecule has 1 aliphatic rings. The van der Waals surface area contributed by atoms with Crippen molar-refractivity contribution in [3.63, 3.8) is 0 Å². The summed E-state index contributed by atoms with van der Waals surface area (Å²) >= 11 is 0. The molecule has 0 radical (unpaired) electrons. The van der Waals surface area contributed by atoms with Crippen LogP contribution in [0.4, 0.5) is 0 Å². The molecule has 0 saturated carbocycles. The highest BCUT2D eigenvalue weighted by Crippen LogP contribution is 2.36. The number of piperidine rings is 1. The summed E-state index contributed by atoms with van der Waals surface area (Å²) in [4.78, 5) is 2.48. The standard InChI is InChI=1S/C16H26N2O/c1-14-5-3-4-6-15(14)16(13-17)7-9-18(10-8-16)11-12-19-2/h3-6H,7-13,17H2,1-2H3. The van der Waals surface area contributed by atoms with Gasteiger partial charge in [0.15, 0.2) is 0 Å². The average molecular weight is 262 g/mol. The van der Waals surface area contributed by atoms with Gasteiger partial charge in [-0.15, -0.1) is 0 Å². The summed E-state index contributed by atoms with van der Waals surface area (Å²) in [6.07, 6.45) is 2.30. The predicted octanol–water partition coefficient (Wildman–Crippen LogP) is 1.93. The van der Waals surface area contributed by atoms with Crippen LogP contribution in [0, 0.1) is 6.92 Å². The van der Waals surface area contributed by atoms with Crippen LogP contribution in [0.3, 0.4) is 0 Å². The maximum atomic E-state index is 6.14. The van der Waals surface area contributed by atoms with Gasteiger partial charge in [-0.1, -0.05) is 24.3 Å². The van der Waals surface area contributed by atoms with E-state index in [1.807, 2.05) is 0 Å². The summed E-state index contributed by atoms with van der Waals surface area (Å²) < 4.78 is 5.16. The Hall–Kier alpha value is -0.900. The fraction of sp³-hybridized carbons (Fsp3) is 0.625.